The molecule has 0 unspecified atom stereocenters. The highest BCUT2D eigenvalue weighted by molar-refractivity contribution is 6.68. The average molecular weight is 347 g/mol. The van der Waals surface area contributed by atoms with Crippen molar-refractivity contribution in [3.63, 3.8) is 0 Å². The number of rotatable bonds is 0. The van der Waals surface area contributed by atoms with Gasteiger partial charge in [-0.2, -0.15) is 0 Å². The summed E-state index contributed by atoms with van der Waals surface area (Å²) in [4.78, 5) is 0. The monoisotopic (exact) mass is 344 g/mol. The molecule has 0 saturated carbocycles. The van der Waals surface area contributed by atoms with Crippen LogP contribution in [0.3, 0.4) is 0 Å². The zero-order chi connectivity index (χ0) is 11.9. The molecule has 1 aromatic rings. The molecular formula is C8H3Cl7. The Morgan fingerprint density at radius 1 is 0.800 bits per heavy atom. The van der Waals surface area contributed by atoms with E-state index in [9.17, 15) is 0 Å². The van der Waals surface area contributed by atoms with Crippen molar-refractivity contribution >= 4 is 81.2 Å². The Hall–Kier alpha value is 1.25. The normalized spacial score (nSPS) is 13.0. The third-order valence-corrected chi connectivity index (χ3v) is 3.18. The lowest BCUT2D eigenvalue weighted by Gasteiger charge is -2.16. The van der Waals surface area contributed by atoms with Gasteiger partial charge in [0.15, 0.2) is 0 Å². The molecule has 7 heteroatoms. The maximum Gasteiger partial charge on any atom is 0.217 e. The van der Waals surface area contributed by atoms with Crippen LogP contribution in [0.5, 0.6) is 0 Å². The highest BCUT2D eigenvalue weighted by atomic mass is 35.6. The summed E-state index contributed by atoms with van der Waals surface area (Å²) in [6, 6.07) is 4.49. The Kier molecular flexibility index (Phi) is 4.63. The highest BCUT2D eigenvalue weighted by Crippen LogP contribution is 2.45. The minimum atomic E-state index is -1.59. The van der Waals surface area contributed by atoms with Gasteiger partial charge in [0.05, 0.1) is 0 Å². The second-order valence-corrected chi connectivity index (χ2v) is 7.66. The standard InChI is InChI=1S/C8H3Cl7/c9-6-3-4(7(10,11)12)1-2-5(6)8(13,14)15/h1-3H. The van der Waals surface area contributed by atoms with Crippen molar-refractivity contribution in [3.8, 4) is 0 Å². The predicted octanol–water partition coefficient (Wildman–Crippen LogP) is 5.99. The minimum absolute atomic E-state index is 0.235. The van der Waals surface area contributed by atoms with Gasteiger partial charge in [0.2, 0.25) is 7.59 Å². The smallest absolute Gasteiger partial charge is 0.0839 e. The molecule has 0 bridgehead atoms. The van der Waals surface area contributed by atoms with Gasteiger partial charge in [0.25, 0.3) is 0 Å². The molecule has 0 saturated heterocycles. The van der Waals surface area contributed by atoms with Gasteiger partial charge in [-0.05, 0) is 6.07 Å². The van der Waals surface area contributed by atoms with E-state index in [1.54, 1.807) is 0 Å². The second-order valence-electron chi connectivity index (χ2n) is 2.69. The molecule has 15 heavy (non-hydrogen) atoms. The molecule has 0 amide bonds. The van der Waals surface area contributed by atoms with E-state index in [1.165, 1.54) is 18.2 Å². The van der Waals surface area contributed by atoms with Gasteiger partial charge in [0.1, 0.15) is 0 Å². The SMILES string of the molecule is Clc1cc(C(Cl)(Cl)Cl)ccc1C(Cl)(Cl)Cl. The number of hydrogen-bond acceptors (Lipinski definition) is 0. The number of hydrogen-bond donors (Lipinski definition) is 0. The fourth-order valence-electron chi connectivity index (χ4n) is 0.921. The summed E-state index contributed by atoms with van der Waals surface area (Å²) in [6.07, 6.45) is 0. The van der Waals surface area contributed by atoms with Crippen LogP contribution in [-0.2, 0) is 7.59 Å². The van der Waals surface area contributed by atoms with E-state index < -0.39 is 7.59 Å². The van der Waals surface area contributed by atoms with Crippen LogP contribution < -0.4 is 0 Å². The lowest BCUT2D eigenvalue weighted by Crippen LogP contribution is -2.05. The molecule has 0 N–H and O–H groups in total. The fraction of sp³-hybridized carbons (Fsp3) is 0.250. The van der Waals surface area contributed by atoms with E-state index in [0.29, 0.717) is 11.1 Å². The van der Waals surface area contributed by atoms with Crippen LogP contribution >= 0.6 is 81.2 Å². The molecule has 1 rings (SSSR count). The predicted molar refractivity (Wildman–Crippen MR) is 69.9 cm³/mol. The van der Waals surface area contributed by atoms with Crippen LogP contribution in [0.25, 0.3) is 0 Å². The van der Waals surface area contributed by atoms with Gasteiger partial charge in [-0.25, -0.2) is 0 Å². The Balaban J connectivity index is 3.21. The summed E-state index contributed by atoms with van der Waals surface area (Å²) in [7, 11) is 0. The molecule has 84 valence electrons. The molecule has 0 heterocycles. The van der Waals surface area contributed by atoms with Gasteiger partial charge < -0.3 is 0 Å². The van der Waals surface area contributed by atoms with Gasteiger partial charge >= 0.3 is 0 Å². The molecule has 0 spiro atoms. The highest BCUT2D eigenvalue weighted by Gasteiger charge is 2.29. The van der Waals surface area contributed by atoms with Crippen LogP contribution in [-0.4, -0.2) is 0 Å². The molecule has 0 aromatic heterocycles. The van der Waals surface area contributed by atoms with E-state index in [4.69, 9.17) is 81.2 Å². The first-order valence-electron chi connectivity index (χ1n) is 3.56. The van der Waals surface area contributed by atoms with Crippen LogP contribution in [0.15, 0.2) is 18.2 Å². The third-order valence-electron chi connectivity index (χ3n) is 1.60. The topological polar surface area (TPSA) is 0 Å². The van der Waals surface area contributed by atoms with Crippen molar-refractivity contribution in [1.82, 2.24) is 0 Å². The van der Waals surface area contributed by atoms with Crippen LogP contribution in [0.4, 0.5) is 0 Å². The van der Waals surface area contributed by atoms with E-state index in [1.807, 2.05) is 0 Å². The lowest BCUT2D eigenvalue weighted by atomic mass is 10.2. The molecule has 0 aliphatic rings. The third kappa shape index (κ3) is 3.89. The molecule has 0 nitrogen and oxygen atoms in total. The lowest BCUT2D eigenvalue weighted by molar-refractivity contribution is 1.19. The Morgan fingerprint density at radius 2 is 1.33 bits per heavy atom. The van der Waals surface area contributed by atoms with E-state index in [0.717, 1.165) is 0 Å². The molecule has 0 fully saturated rings. The molecule has 0 aliphatic heterocycles. The van der Waals surface area contributed by atoms with Gasteiger partial charge in [-0.1, -0.05) is 93.3 Å². The average Bonchev–Trinajstić information content (AvgIpc) is 1.99. The molecule has 0 atom stereocenters. The minimum Gasteiger partial charge on any atom is -0.0839 e. The summed E-state index contributed by atoms with van der Waals surface area (Å²) in [6.45, 7) is 0. The van der Waals surface area contributed by atoms with Crippen LogP contribution in [0.2, 0.25) is 5.02 Å². The van der Waals surface area contributed by atoms with Gasteiger partial charge in [-0.3, -0.25) is 0 Å². The van der Waals surface area contributed by atoms with E-state index in [2.05, 4.69) is 0 Å². The van der Waals surface area contributed by atoms with Crippen molar-refractivity contribution in [2.75, 3.05) is 0 Å². The van der Waals surface area contributed by atoms with Crippen molar-refractivity contribution in [2.45, 2.75) is 7.59 Å². The fourth-order valence-corrected chi connectivity index (χ4v) is 2.24. The Morgan fingerprint density at radius 3 is 1.67 bits per heavy atom. The number of benzene rings is 1. The maximum atomic E-state index is 5.89. The molecule has 0 aliphatic carbocycles. The largest absolute Gasteiger partial charge is 0.217 e. The summed E-state index contributed by atoms with van der Waals surface area (Å²) < 4.78 is -3.14. The van der Waals surface area contributed by atoms with E-state index >= 15 is 0 Å². The van der Waals surface area contributed by atoms with Gasteiger partial charge in [0, 0.05) is 16.1 Å². The quantitative estimate of drug-likeness (QED) is 0.506. The first-order chi connectivity index (χ1) is 6.62. The molecule has 1 aromatic carbocycles. The molecular weight excluding hydrogens is 344 g/mol. The zero-order valence-electron chi connectivity index (χ0n) is 6.88. The first kappa shape index (κ1) is 14.3. The van der Waals surface area contributed by atoms with Crippen LogP contribution in [0.1, 0.15) is 11.1 Å². The molecule has 0 radical (unpaired) electrons. The first-order valence-corrected chi connectivity index (χ1v) is 6.21. The summed E-state index contributed by atoms with van der Waals surface area (Å²) in [5.41, 5.74) is 0.752. The zero-order valence-corrected chi connectivity index (χ0v) is 12.2. The second kappa shape index (κ2) is 4.86. The van der Waals surface area contributed by atoms with Crippen LogP contribution in [0, 0.1) is 0 Å². The van der Waals surface area contributed by atoms with Crippen molar-refractivity contribution in [2.24, 2.45) is 0 Å². The summed E-state index contributed by atoms with van der Waals surface area (Å²) in [5, 5.41) is 0.235. The number of alkyl halides is 6. The summed E-state index contributed by atoms with van der Waals surface area (Å²) in [5.74, 6) is 0. The Labute approximate surface area is 122 Å². The van der Waals surface area contributed by atoms with Gasteiger partial charge in [-0.15, -0.1) is 0 Å². The van der Waals surface area contributed by atoms with Crippen molar-refractivity contribution < 1.29 is 0 Å². The maximum absolute atomic E-state index is 5.89. The van der Waals surface area contributed by atoms with E-state index in [-0.39, 0.29) is 5.02 Å². The van der Waals surface area contributed by atoms with Crippen molar-refractivity contribution in [1.29, 1.82) is 0 Å². The van der Waals surface area contributed by atoms with Crippen molar-refractivity contribution in [3.05, 3.63) is 34.3 Å². The Bertz CT molecular complexity index is 360. The number of halogens is 7. The summed E-state index contributed by atoms with van der Waals surface area (Å²) >= 11 is 39.9.